The molecule has 0 aliphatic heterocycles. The summed E-state index contributed by atoms with van der Waals surface area (Å²) in [6.07, 6.45) is 4.42. The first-order valence-electron chi connectivity index (χ1n) is 14.4. The van der Waals surface area contributed by atoms with Crippen molar-refractivity contribution in [3.63, 3.8) is 0 Å². The van der Waals surface area contributed by atoms with E-state index in [0.717, 1.165) is 51.9 Å². The zero-order chi connectivity index (χ0) is 30.9. The Balaban J connectivity index is 4.49. The average molecular weight is 587 g/mol. The largest absolute Gasteiger partial charge is 0.370 e. The lowest BCUT2D eigenvalue weighted by molar-refractivity contribution is -0.122. The first-order chi connectivity index (χ1) is 19.5. The second-order valence-corrected chi connectivity index (χ2v) is 10.0. The van der Waals surface area contributed by atoms with Crippen LogP contribution in [-0.4, -0.2) is 119 Å². The molecule has 0 saturated heterocycles. The van der Waals surface area contributed by atoms with E-state index >= 15 is 0 Å². The summed E-state index contributed by atoms with van der Waals surface area (Å²) < 4.78 is 0. The van der Waals surface area contributed by atoms with Crippen molar-refractivity contribution in [2.45, 2.75) is 56.7 Å². The molecular formula is C24H58N16O. The van der Waals surface area contributed by atoms with Crippen molar-refractivity contribution in [3.05, 3.63) is 0 Å². The number of guanidine groups is 3. The van der Waals surface area contributed by atoms with E-state index in [1.807, 2.05) is 0 Å². The fourth-order valence-electron chi connectivity index (χ4n) is 3.83. The van der Waals surface area contributed by atoms with Crippen LogP contribution in [0, 0.1) is 0 Å². The fourth-order valence-corrected chi connectivity index (χ4v) is 3.83. The normalized spacial score (nSPS) is 13.3. The third-order valence-electron chi connectivity index (χ3n) is 6.11. The SMILES string of the molecule is NC(N)=NCCCC(N)CNCCN(CCNCC(N)CCCN=C(N)N)CCNC(=O)C(N)CCCN=C(N)N. The van der Waals surface area contributed by atoms with Crippen LogP contribution in [0.5, 0.6) is 0 Å². The lowest BCUT2D eigenvalue weighted by Gasteiger charge is -2.24. The number of hydrogen-bond donors (Lipinski definition) is 12. The zero-order valence-corrected chi connectivity index (χ0v) is 24.6. The van der Waals surface area contributed by atoms with Crippen LogP contribution in [0.3, 0.4) is 0 Å². The molecule has 1 amide bonds. The van der Waals surface area contributed by atoms with Crippen LogP contribution in [0.1, 0.15) is 38.5 Å². The van der Waals surface area contributed by atoms with Crippen LogP contribution in [0.15, 0.2) is 15.0 Å². The molecule has 17 heteroatoms. The minimum atomic E-state index is -0.608. The van der Waals surface area contributed by atoms with Gasteiger partial charge in [-0.25, -0.2) is 0 Å². The summed E-state index contributed by atoms with van der Waals surface area (Å²) in [7, 11) is 0. The highest BCUT2D eigenvalue weighted by atomic mass is 16.2. The Morgan fingerprint density at radius 3 is 1.41 bits per heavy atom. The molecule has 21 N–H and O–H groups in total. The molecule has 0 radical (unpaired) electrons. The number of nitrogens with two attached hydrogens (primary N) is 9. The van der Waals surface area contributed by atoms with Crippen LogP contribution < -0.4 is 67.6 Å². The number of carbonyl (C=O) groups excluding carboxylic acids is 1. The molecule has 240 valence electrons. The molecule has 0 aromatic rings. The van der Waals surface area contributed by atoms with Crippen LogP contribution in [0.25, 0.3) is 0 Å². The maximum Gasteiger partial charge on any atom is 0.236 e. The van der Waals surface area contributed by atoms with Crippen LogP contribution in [-0.2, 0) is 4.79 Å². The summed E-state index contributed by atoms with van der Waals surface area (Å²) in [6, 6.07) is -0.580. The topological polar surface area (TPSA) is 328 Å². The van der Waals surface area contributed by atoms with Gasteiger partial charge < -0.3 is 67.6 Å². The van der Waals surface area contributed by atoms with Crippen molar-refractivity contribution in [1.29, 1.82) is 0 Å². The smallest absolute Gasteiger partial charge is 0.236 e. The maximum atomic E-state index is 12.4. The summed E-state index contributed by atoms with van der Waals surface area (Å²) in [5.74, 6) is 0.0281. The molecule has 0 aliphatic rings. The summed E-state index contributed by atoms with van der Waals surface area (Å²) in [5, 5.41) is 9.74. The third kappa shape index (κ3) is 25.7. The Labute approximate surface area is 244 Å². The average Bonchev–Trinajstić information content (AvgIpc) is 2.90. The monoisotopic (exact) mass is 586 g/mol. The molecule has 0 aromatic carbocycles. The van der Waals surface area contributed by atoms with Gasteiger partial charge >= 0.3 is 0 Å². The molecule has 3 unspecified atom stereocenters. The highest BCUT2D eigenvalue weighted by Crippen LogP contribution is 1.97. The van der Waals surface area contributed by atoms with Gasteiger partial charge in [0.05, 0.1) is 6.04 Å². The number of rotatable bonds is 26. The minimum Gasteiger partial charge on any atom is -0.370 e. The van der Waals surface area contributed by atoms with Crippen molar-refractivity contribution in [2.75, 3.05) is 72.0 Å². The number of aliphatic imine (C=N–C) groups is 3. The molecule has 3 atom stereocenters. The minimum absolute atomic E-state index is 0.0144. The molecule has 0 rings (SSSR count). The Morgan fingerprint density at radius 1 is 0.610 bits per heavy atom. The Hall–Kier alpha value is -2.96. The van der Waals surface area contributed by atoms with Gasteiger partial charge in [-0.3, -0.25) is 24.7 Å². The highest BCUT2D eigenvalue weighted by molar-refractivity contribution is 5.81. The van der Waals surface area contributed by atoms with E-state index in [1.165, 1.54) is 0 Å². The Kier molecular flexibility index (Phi) is 23.0. The van der Waals surface area contributed by atoms with Gasteiger partial charge in [0, 0.05) is 84.1 Å². The summed E-state index contributed by atoms with van der Waals surface area (Å²) in [4.78, 5) is 26.5. The van der Waals surface area contributed by atoms with Crippen LogP contribution >= 0.6 is 0 Å². The van der Waals surface area contributed by atoms with Gasteiger partial charge in [0.15, 0.2) is 17.9 Å². The van der Waals surface area contributed by atoms with Crippen molar-refractivity contribution in [3.8, 4) is 0 Å². The summed E-state index contributed by atoms with van der Waals surface area (Å²) >= 11 is 0. The number of amides is 1. The van der Waals surface area contributed by atoms with E-state index in [4.69, 9.17) is 51.6 Å². The lowest BCUT2D eigenvalue weighted by atomic mass is 10.1. The second kappa shape index (κ2) is 24.8. The van der Waals surface area contributed by atoms with Crippen LogP contribution in [0.2, 0.25) is 0 Å². The molecular weight excluding hydrogens is 528 g/mol. The molecule has 0 saturated carbocycles. The van der Waals surface area contributed by atoms with Gasteiger partial charge in [0.2, 0.25) is 5.91 Å². The second-order valence-electron chi connectivity index (χ2n) is 10.0. The molecule has 0 fully saturated rings. The highest BCUT2D eigenvalue weighted by Gasteiger charge is 2.13. The lowest BCUT2D eigenvalue weighted by Crippen LogP contribution is -2.46. The van der Waals surface area contributed by atoms with E-state index in [9.17, 15) is 4.79 Å². The molecule has 0 heterocycles. The first kappa shape index (κ1) is 38.0. The van der Waals surface area contributed by atoms with Crippen LogP contribution in [0.4, 0.5) is 0 Å². The maximum absolute atomic E-state index is 12.4. The van der Waals surface area contributed by atoms with E-state index in [2.05, 4.69) is 35.8 Å². The van der Waals surface area contributed by atoms with E-state index in [1.54, 1.807) is 0 Å². The van der Waals surface area contributed by atoms with Crippen molar-refractivity contribution in [2.24, 2.45) is 66.6 Å². The third-order valence-corrected chi connectivity index (χ3v) is 6.11. The van der Waals surface area contributed by atoms with E-state index in [-0.39, 0.29) is 35.9 Å². The molecule has 0 spiro atoms. The zero-order valence-electron chi connectivity index (χ0n) is 24.6. The van der Waals surface area contributed by atoms with Gasteiger partial charge in [-0.2, -0.15) is 0 Å². The molecule has 0 bridgehead atoms. The van der Waals surface area contributed by atoms with E-state index in [0.29, 0.717) is 58.7 Å². The summed E-state index contributed by atoms with van der Waals surface area (Å²) in [6.45, 7) is 7.19. The summed E-state index contributed by atoms with van der Waals surface area (Å²) in [5.41, 5.74) is 50.4. The molecule has 17 nitrogen and oxygen atoms in total. The molecule has 0 aromatic heterocycles. The van der Waals surface area contributed by atoms with Gasteiger partial charge in [-0.15, -0.1) is 0 Å². The van der Waals surface area contributed by atoms with Gasteiger partial charge in [-0.1, -0.05) is 0 Å². The van der Waals surface area contributed by atoms with Gasteiger partial charge in [0.1, 0.15) is 0 Å². The van der Waals surface area contributed by atoms with Gasteiger partial charge in [-0.05, 0) is 38.5 Å². The first-order valence-corrected chi connectivity index (χ1v) is 14.4. The van der Waals surface area contributed by atoms with Crippen molar-refractivity contribution in [1.82, 2.24) is 20.9 Å². The predicted molar refractivity (Wildman–Crippen MR) is 169 cm³/mol. The number of nitrogens with zero attached hydrogens (tertiary/aromatic N) is 4. The Morgan fingerprint density at radius 2 is 1.00 bits per heavy atom. The van der Waals surface area contributed by atoms with Crippen molar-refractivity contribution < 1.29 is 4.79 Å². The standard InChI is InChI=1S/C24H58N16O/c25-18(4-1-7-37-22(28)29)16-34-10-13-40(14-11-35-17-19(26)5-2-8-38-23(30)31)15-12-36-21(41)20(27)6-3-9-39-24(32)33/h18-20,34-35H,1-17,25-27H2,(H,36,41)(H4,28,29,37)(H4,30,31,38)(H4,32,33,39). The molecule has 0 aliphatic carbocycles. The number of carbonyl (C=O) groups is 1. The Bertz CT molecular complexity index is 712. The fraction of sp³-hybridized carbons (Fsp3) is 0.833. The van der Waals surface area contributed by atoms with Gasteiger partial charge in [0.25, 0.3) is 0 Å². The predicted octanol–water partition coefficient (Wildman–Crippen LogP) is -5.27. The van der Waals surface area contributed by atoms with Crippen molar-refractivity contribution >= 4 is 23.8 Å². The number of hydrogen-bond acceptors (Lipinski definition) is 10. The van der Waals surface area contributed by atoms with E-state index < -0.39 is 6.04 Å². The quantitative estimate of drug-likeness (QED) is 0.0256. The number of nitrogens with one attached hydrogen (secondary N) is 3. The molecule has 41 heavy (non-hydrogen) atoms.